The molecular weight excluding hydrogens is 475 g/mol. The molecule has 1 atom stereocenters. The highest BCUT2D eigenvalue weighted by Gasteiger charge is 2.22. The predicted octanol–water partition coefficient (Wildman–Crippen LogP) is 9.90. The van der Waals surface area contributed by atoms with E-state index in [0.717, 1.165) is 18.6 Å². The van der Waals surface area contributed by atoms with E-state index >= 15 is 0 Å². The molecule has 35 heavy (non-hydrogen) atoms. The van der Waals surface area contributed by atoms with Crippen LogP contribution in [0.15, 0.2) is 0 Å². The summed E-state index contributed by atoms with van der Waals surface area (Å²) in [5.74, 6) is 1.76. The fourth-order valence-corrected chi connectivity index (χ4v) is 6.51. The fourth-order valence-electron chi connectivity index (χ4n) is 4.52. The van der Waals surface area contributed by atoms with Crippen LogP contribution in [0.5, 0.6) is 0 Å². The molecule has 0 aromatic carbocycles. The maximum Gasteiger partial charge on any atom is 0.328 e. The minimum Gasteiger partial charge on any atom is -0.377 e. The molecule has 212 valence electrons. The van der Waals surface area contributed by atoms with Crippen LogP contribution in [-0.4, -0.2) is 40.2 Å². The largest absolute Gasteiger partial charge is 0.377 e. The summed E-state index contributed by atoms with van der Waals surface area (Å²) >= 11 is 1.79. The quantitative estimate of drug-likeness (QED) is 0.0735. The molecular formula is C29H61O4PS. The van der Waals surface area contributed by atoms with Gasteiger partial charge in [0, 0.05) is 12.4 Å². The zero-order valence-corrected chi connectivity index (χ0v) is 25.2. The van der Waals surface area contributed by atoms with E-state index in [1.807, 2.05) is 0 Å². The van der Waals surface area contributed by atoms with Crippen molar-refractivity contribution in [1.29, 1.82) is 0 Å². The molecule has 0 aliphatic heterocycles. The summed E-state index contributed by atoms with van der Waals surface area (Å²) in [6.07, 6.45) is 28.6. The molecule has 6 heteroatoms. The molecule has 0 saturated carbocycles. The van der Waals surface area contributed by atoms with E-state index in [1.54, 1.807) is 11.8 Å². The molecule has 1 unspecified atom stereocenters. The van der Waals surface area contributed by atoms with E-state index in [2.05, 4.69) is 13.8 Å². The highest BCUT2D eigenvalue weighted by Crippen LogP contribution is 2.36. The average molecular weight is 537 g/mol. The first-order chi connectivity index (χ1) is 17.0. The molecule has 0 aromatic rings. The minimum absolute atomic E-state index is 0.143. The summed E-state index contributed by atoms with van der Waals surface area (Å²) in [4.78, 5) is 18.8. The maximum atomic E-state index is 11.5. The number of hydrogen-bond donors (Lipinski definition) is 2. The van der Waals surface area contributed by atoms with Crippen LogP contribution in [0, 0.1) is 0 Å². The highest BCUT2D eigenvalue weighted by molar-refractivity contribution is 7.99. The van der Waals surface area contributed by atoms with E-state index in [0.29, 0.717) is 12.4 Å². The molecule has 0 bridgehead atoms. The third-order valence-corrected chi connectivity index (χ3v) is 8.81. The second-order valence-corrected chi connectivity index (χ2v) is 13.3. The molecule has 4 nitrogen and oxygen atoms in total. The van der Waals surface area contributed by atoms with Crippen LogP contribution in [-0.2, 0) is 9.30 Å². The second kappa shape index (κ2) is 27.5. The topological polar surface area (TPSA) is 66.8 Å². The molecule has 0 amide bonds. The Kier molecular flexibility index (Phi) is 27.9. The second-order valence-electron chi connectivity index (χ2n) is 10.5. The van der Waals surface area contributed by atoms with Crippen molar-refractivity contribution in [3.63, 3.8) is 0 Å². The van der Waals surface area contributed by atoms with Crippen LogP contribution >= 0.6 is 19.4 Å². The standard InChI is InChI=1S/C29H61O4PS/c1-3-5-7-9-11-13-14-15-16-17-18-19-21-23-25-33-29(27-34(30,31)32)28-35-26-24-22-20-12-10-8-6-4-2/h29H,3-28H2,1-2H3,(H2,30,31,32). The van der Waals surface area contributed by atoms with Crippen molar-refractivity contribution in [2.24, 2.45) is 0 Å². The summed E-state index contributed by atoms with van der Waals surface area (Å²) in [7, 11) is -4.03. The first-order valence-corrected chi connectivity index (χ1v) is 18.2. The van der Waals surface area contributed by atoms with E-state index in [9.17, 15) is 14.4 Å². The Morgan fingerprint density at radius 1 is 0.600 bits per heavy atom. The molecule has 0 aliphatic carbocycles. The van der Waals surface area contributed by atoms with Crippen LogP contribution in [0.3, 0.4) is 0 Å². The fraction of sp³-hybridized carbons (Fsp3) is 1.00. The van der Waals surface area contributed by atoms with E-state index in [4.69, 9.17) is 4.74 Å². The van der Waals surface area contributed by atoms with Crippen molar-refractivity contribution >= 4 is 19.4 Å². The molecule has 0 radical (unpaired) electrons. The third-order valence-electron chi connectivity index (χ3n) is 6.74. The summed E-state index contributed by atoms with van der Waals surface area (Å²) in [5.41, 5.74) is 0. The molecule has 0 aliphatic rings. The lowest BCUT2D eigenvalue weighted by Crippen LogP contribution is -2.22. The molecule has 0 rings (SSSR count). The zero-order valence-electron chi connectivity index (χ0n) is 23.5. The van der Waals surface area contributed by atoms with Crippen LogP contribution < -0.4 is 0 Å². The van der Waals surface area contributed by atoms with Gasteiger partial charge in [-0.25, -0.2) is 0 Å². The van der Waals surface area contributed by atoms with Crippen molar-refractivity contribution in [3.8, 4) is 0 Å². The van der Waals surface area contributed by atoms with E-state index in [1.165, 1.54) is 128 Å². The van der Waals surface area contributed by atoms with E-state index in [-0.39, 0.29) is 12.3 Å². The van der Waals surface area contributed by atoms with Gasteiger partial charge in [0.15, 0.2) is 0 Å². The van der Waals surface area contributed by atoms with Gasteiger partial charge in [0.25, 0.3) is 0 Å². The lowest BCUT2D eigenvalue weighted by molar-refractivity contribution is 0.0774. The summed E-state index contributed by atoms with van der Waals surface area (Å²) in [6.45, 7) is 5.15. The normalized spacial score (nSPS) is 12.9. The first-order valence-electron chi connectivity index (χ1n) is 15.2. The number of rotatable bonds is 29. The smallest absolute Gasteiger partial charge is 0.328 e. The lowest BCUT2D eigenvalue weighted by Gasteiger charge is -2.18. The molecule has 0 heterocycles. The Morgan fingerprint density at radius 2 is 0.971 bits per heavy atom. The van der Waals surface area contributed by atoms with Gasteiger partial charge in [-0.1, -0.05) is 142 Å². The van der Waals surface area contributed by atoms with Crippen molar-refractivity contribution in [3.05, 3.63) is 0 Å². The number of thioether (sulfide) groups is 1. The average Bonchev–Trinajstić information content (AvgIpc) is 2.81. The van der Waals surface area contributed by atoms with Crippen molar-refractivity contribution in [1.82, 2.24) is 0 Å². The van der Waals surface area contributed by atoms with Crippen molar-refractivity contribution < 1.29 is 19.1 Å². The van der Waals surface area contributed by atoms with Gasteiger partial charge in [0.05, 0.1) is 12.3 Å². The van der Waals surface area contributed by atoms with Gasteiger partial charge in [-0.15, -0.1) is 0 Å². The van der Waals surface area contributed by atoms with Crippen LogP contribution in [0.4, 0.5) is 0 Å². The van der Waals surface area contributed by atoms with Crippen LogP contribution in [0.1, 0.15) is 155 Å². The van der Waals surface area contributed by atoms with Crippen molar-refractivity contribution in [2.75, 3.05) is 24.3 Å². The lowest BCUT2D eigenvalue weighted by atomic mass is 10.0. The molecule has 2 N–H and O–H groups in total. The summed E-state index contributed by atoms with van der Waals surface area (Å²) < 4.78 is 17.4. The molecule has 0 fully saturated rings. The number of ether oxygens (including phenoxy) is 1. The number of unbranched alkanes of at least 4 members (excludes halogenated alkanes) is 20. The van der Waals surface area contributed by atoms with Gasteiger partial charge < -0.3 is 14.5 Å². The van der Waals surface area contributed by atoms with Gasteiger partial charge in [-0.2, -0.15) is 11.8 Å². The Bertz CT molecular complexity index is 458. The van der Waals surface area contributed by atoms with Gasteiger partial charge >= 0.3 is 7.60 Å². The zero-order chi connectivity index (χ0) is 25.9. The van der Waals surface area contributed by atoms with Gasteiger partial charge in [0.1, 0.15) is 0 Å². The maximum absolute atomic E-state index is 11.5. The molecule has 0 aromatic heterocycles. The van der Waals surface area contributed by atoms with Gasteiger partial charge in [0.2, 0.25) is 0 Å². The van der Waals surface area contributed by atoms with Gasteiger partial charge in [-0.05, 0) is 18.6 Å². The monoisotopic (exact) mass is 536 g/mol. The third kappa shape index (κ3) is 30.6. The van der Waals surface area contributed by atoms with Gasteiger partial charge in [-0.3, -0.25) is 4.57 Å². The Balaban J connectivity index is 3.62. The SMILES string of the molecule is CCCCCCCCCCCCCCCCOC(CSCCCCCCCCCC)CP(=O)(O)O. The molecule has 0 spiro atoms. The Hall–Kier alpha value is 0.460. The molecule has 0 saturated heterocycles. The Labute approximate surface area is 223 Å². The first kappa shape index (κ1) is 35.5. The summed E-state index contributed by atoms with van der Waals surface area (Å²) in [5, 5.41) is 0. The highest BCUT2D eigenvalue weighted by atomic mass is 32.2. The van der Waals surface area contributed by atoms with Crippen molar-refractivity contribution in [2.45, 2.75) is 161 Å². The van der Waals surface area contributed by atoms with Crippen LogP contribution in [0.2, 0.25) is 0 Å². The van der Waals surface area contributed by atoms with E-state index < -0.39 is 7.60 Å². The Morgan fingerprint density at radius 3 is 1.37 bits per heavy atom. The predicted molar refractivity (Wildman–Crippen MR) is 157 cm³/mol. The summed E-state index contributed by atoms with van der Waals surface area (Å²) in [6, 6.07) is 0. The minimum atomic E-state index is -4.03. The number of hydrogen-bond acceptors (Lipinski definition) is 3. The van der Waals surface area contributed by atoms with Crippen LogP contribution in [0.25, 0.3) is 0 Å².